The van der Waals surface area contributed by atoms with Crippen molar-refractivity contribution < 1.29 is 0 Å². The predicted octanol–water partition coefficient (Wildman–Crippen LogP) is 32.9. The molecule has 129 heavy (non-hydrogen) atoms. The Morgan fingerprint density at radius 2 is 0.426 bits per heavy atom. The Balaban J connectivity index is 0.000000137. The maximum atomic E-state index is 5.34. The SMILES string of the molecule is c1ccc(-c2ccc(-c3c4ccccc4c(-c4ccc(-c5ccc6c(c5)-c5ccccc5C65c6ccccc6N(c6ccccc6)c6ccccc65)cn4)c4ccccc34)c3ccccc23)cc1.c1ccc(-c2ccc(-c3c4ccccc4c(-c4ccc(-c5ccc6c(c5)C5(c7ccccc7-c7ccccc75)c5ccccc5-6)cn4)c4ccccc34)c3ccccc23)cc1. The van der Waals surface area contributed by atoms with Gasteiger partial charge >= 0.3 is 0 Å². The molecule has 0 atom stereocenters. The first kappa shape index (κ1) is 73.8. The van der Waals surface area contributed by atoms with E-state index in [1.54, 1.807) is 0 Å². The molecule has 0 saturated carbocycles. The number of nitrogens with zero attached hydrogens (tertiary/aromatic N) is 3. The van der Waals surface area contributed by atoms with Crippen LogP contribution in [0.25, 0.3) is 187 Å². The van der Waals surface area contributed by atoms with Crippen molar-refractivity contribution in [3.8, 4) is 123 Å². The third kappa shape index (κ3) is 11.0. The van der Waals surface area contributed by atoms with E-state index in [1.807, 2.05) is 0 Å². The lowest BCUT2D eigenvalue weighted by Crippen LogP contribution is -2.36. The maximum absolute atomic E-state index is 5.34. The minimum atomic E-state index is -0.491. The summed E-state index contributed by atoms with van der Waals surface area (Å²) in [6.07, 6.45) is 4.15. The molecule has 0 amide bonds. The van der Waals surface area contributed by atoms with Gasteiger partial charge in [0.05, 0.1) is 33.6 Å². The first-order chi connectivity index (χ1) is 64.1. The molecule has 598 valence electrons. The molecule has 2 spiro atoms. The van der Waals surface area contributed by atoms with Gasteiger partial charge in [0.2, 0.25) is 0 Å². The van der Waals surface area contributed by atoms with Gasteiger partial charge in [-0.05, 0) is 247 Å². The van der Waals surface area contributed by atoms with Crippen LogP contribution in [-0.2, 0) is 10.8 Å². The number of hydrogen-bond acceptors (Lipinski definition) is 3. The molecule has 0 N–H and O–H groups in total. The van der Waals surface area contributed by atoms with Crippen molar-refractivity contribution in [2.24, 2.45) is 0 Å². The van der Waals surface area contributed by atoms with E-state index in [1.165, 1.54) is 204 Å². The van der Waals surface area contributed by atoms with Crippen LogP contribution in [0, 0.1) is 0 Å². The number of hydrogen-bond donors (Lipinski definition) is 0. The van der Waals surface area contributed by atoms with Gasteiger partial charge in [-0.1, -0.05) is 419 Å². The lowest BCUT2D eigenvalue weighted by atomic mass is 9.64. The highest BCUT2D eigenvalue weighted by atomic mass is 15.2. The third-order valence-corrected chi connectivity index (χ3v) is 28.3. The zero-order valence-corrected chi connectivity index (χ0v) is 70.5. The van der Waals surface area contributed by atoms with Gasteiger partial charge in [-0.2, -0.15) is 0 Å². The summed E-state index contributed by atoms with van der Waals surface area (Å²) < 4.78 is 0. The van der Waals surface area contributed by atoms with E-state index in [-0.39, 0.29) is 5.41 Å². The molecule has 3 aliphatic carbocycles. The van der Waals surface area contributed by atoms with E-state index < -0.39 is 5.41 Å². The topological polar surface area (TPSA) is 29.0 Å². The van der Waals surface area contributed by atoms with Gasteiger partial charge in [0, 0.05) is 40.3 Å². The summed E-state index contributed by atoms with van der Waals surface area (Å²) in [4.78, 5) is 13.1. The van der Waals surface area contributed by atoms with Crippen molar-refractivity contribution in [3.05, 3.63) is 524 Å². The van der Waals surface area contributed by atoms with E-state index in [0.717, 1.165) is 44.9 Å². The highest BCUT2D eigenvalue weighted by molar-refractivity contribution is 6.26. The number of anilines is 3. The van der Waals surface area contributed by atoms with Crippen LogP contribution < -0.4 is 4.90 Å². The molecule has 3 nitrogen and oxygen atoms in total. The average molecular weight is 1640 g/mol. The Labute approximate surface area is 748 Å². The number of pyridine rings is 2. The summed E-state index contributed by atoms with van der Waals surface area (Å²) in [5.74, 6) is 0. The number of para-hydroxylation sites is 3. The molecule has 23 aromatic rings. The zero-order chi connectivity index (χ0) is 84.8. The molecule has 0 radical (unpaired) electrons. The number of aromatic nitrogens is 2. The van der Waals surface area contributed by atoms with Gasteiger partial charge in [0.1, 0.15) is 0 Å². The molecule has 27 rings (SSSR count). The molecule has 0 unspecified atom stereocenters. The van der Waals surface area contributed by atoms with E-state index in [9.17, 15) is 0 Å². The van der Waals surface area contributed by atoms with E-state index in [4.69, 9.17) is 9.97 Å². The van der Waals surface area contributed by atoms with Crippen LogP contribution in [0.1, 0.15) is 44.5 Å². The molecule has 21 aromatic carbocycles. The quantitative estimate of drug-likeness (QED) is 0.135. The van der Waals surface area contributed by atoms with Gasteiger partial charge in [0.25, 0.3) is 0 Å². The van der Waals surface area contributed by atoms with Crippen LogP contribution in [0.2, 0.25) is 0 Å². The first-order valence-corrected chi connectivity index (χ1v) is 44.7. The molecule has 0 bridgehead atoms. The van der Waals surface area contributed by atoms with E-state index in [2.05, 4.69) is 484 Å². The second-order valence-corrected chi connectivity index (χ2v) is 34.6. The van der Waals surface area contributed by atoms with Crippen molar-refractivity contribution in [2.75, 3.05) is 4.90 Å². The fourth-order valence-electron chi connectivity index (χ4n) is 23.0. The maximum Gasteiger partial charge on any atom is 0.0754 e. The predicted molar refractivity (Wildman–Crippen MR) is 539 cm³/mol. The van der Waals surface area contributed by atoms with E-state index >= 15 is 0 Å². The Bertz CT molecular complexity index is 8320. The van der Waals surface area contributed by atoms with E-state index in [0.29, 0.717) is 0 Å². The molecular weight excluding hydrogens is 1560 g/mol. The highest BCUT2D eigenvalue weighted by Gasteiger charge is 2.53. The van der Waals surface area contributed by atoms with Crippen LogP contribution in [-0.4, -0.2) is 9.97 Å². The summed E-state index contributed by atoms with van der Waals surface area (Å²) >= 11 is 0. The second kappa shape index (κ2) is 29.5. The highest BCUT2D eigenvalue weighted by Crippen LogP contribution is 2.66. The smallest absolute Gasteiger partial charge is 0.0754 e. The number of fused-ring (bicyclic) bond motifs is 25. The Morgan fingerprint density at radius 1 is 0.155 bits per heavy atom. The van der Waals surface area contributed by atoms with Crippen molar-refractivity contribution in [2.45, 2.75) is 10.8 Å². The third-order valence-electron chi connectivity index (χ3n) is 28.3. The Hall–Kier alpha value is -16.7. The summed E-state index contributed by atoms with van der Waals surface area (Å²) in [5.41, 5.74) is 39.7. The molecule has 4 aliphatic rings. The van der Waals surface area contributed by atoms with Crippen LogP contribution in [0.5, 0.6) is 0 Å². The minimum Gasteiger partial charge on any atom is -0.310 e. The van der Waals surface area contributed by atoms with Gasteiger partial charge in [-0.15, -0.1) is 0 Å². The summed E-state index contributed by atoms with van der Waals surface area (Å²) in [6, 6.07) is 172. The lowest BCUT2D eigenvalue weighted by molar-refractivity contribution is 0.753. The fourth-order valence-corrected chi connectivity index (χ4v) is 23.0. The monoisotopic (exact) mass is 1630 g/mol. The number of benzene rings is 21. The Morgan fingerprint density at radius 3 is 0.822 bits per heavy atom. The molecule has 2 aromatic heterocycles. The Kier molecular flexibility index (Phi) is 16.9. The van der Waals surface area contributed by atoms with Crippen LogP contribution in [0.3, 0.4) is 0 Å². The molecule has 3 heterocycles. The summed E-state index contributed by atoms with van der Waals surface area (Å²) in [6.45, 7) is 0. The van der Waals surface area contributed by atoms with Crippen molar-refractivity contribution in [1.82, 2.24) is 9.97 Å². The molecular formula is C126H79N3. The fraction of sp³-hybridized carbons (Fsp3) is 0.0159. The molecule has 3 heteroatoms. The summed E-state index contributed by atoms with van der Waals surface area (Å²) in [7, 11) is 0. The minimum absolute atomic E-state index is 0.380. The van der Waals surface area contributed by atoms with Gasteiger partial charge < -0.3 is 4.90 Å². The largest absolute Gasteiger partial charge is 0.310 e. The van der Waals surface area contributed by atoms with Crippen molar-refractivity contribution >= 4 is 81.7 Å². The standard InChI is InChI=1S/C66H42N2.C60H37N/c1-3-19-43(20-4-1)47-37-38-55(49-24-8-7-23-48(47)49)64-51-26-9-11-28-53(51)65(54-29-12-10-27-52(54)64)61-40-36-45(42-67-61)44-35-39-58-56(41-44)50-25-13-14-30-57(50)66(58)59-31-15-17-33-62(59)68(46-21-5-2-6-22-46)63-34-18-16-32-60(63)66;1-2-16-38(17-3-1)41-33-34-52(43-19-5-4-18-42(41)43)58-48-23-6-8-25-50(48)59(51-26-9-7-24-49(51)58)57-35-31-40(37-61-57)39-30-32-47-46-22-12-15-29-55(46)60(56(47)36-39)53-27-13-10-20-44(53)45-21-11-14-28-54(45)60/h1-42H;1-37H. The summed E-state index contributed by atoms with van der Waals surface area (Å²) in [5, 5.41) is 14.6. The zero-order valence-electron chi connectivity index (χ0n) is 70.5. The van der Waals surface area contributed by atoms with Crippen LogP contribution in [0.4, 0.5) is 17.1 Å². The second-order valence-electron chi connectivity index (χ2n) is 34.6. The molecule has 0 fully saturated rings. The van der Waals surface area contributed by atoms with Crippen LogP contribution in [0.15, 0.2) is 480 Å². The van der Waals surface area contributed by atoms with Gasteiger partial charge in [-0.25, -0.2) is 0 Å². The van der Waals surface area contributed by atoms with Crippen molar-refractivity contribution in [1.29, 1.82) is 0 Å². The van der Waals surface area contributed by atoms with Crippen molar-refractivity contribution in [3.63, 3.8) is 0 Å². The van der Waals surface area contributed by atoms with Gasteiger partial charge in [-0.3, -0.25) is 9.97 Å². The van der Waals surface area contributed by atoms with Crippen LogP contribution >= 0.6 is 0 Å². The molecule has 0 saturated heterocycles. The number of rotatable bonds is 9. The normalized spacial score (nSPS) is 13.1. The first-order valence-electron chi connectivity index (χ1n) is 44.7. The van der Waals surface area contributed by atoms with Gasteiger partial charge in [0.15, 0.2) is 0 Å². The average Bonchev–Trinajstić information content (AvgIpc) is 1.51. The lowest BCUT2D eigenvalue weighted by Gasteiger charge is -2.45. The molecule has 1 aliphatic heterocycles.